The normalized spacial score (nSPS) is 19.2. The van der Waals surface area contributed by atoms with E-state index in [4.69, 9.17) is 0 Å². The number of rotatable bonds is 3. The molecule has 8 heteroatoms. The Balaban J connectivity index is 2.25. The minimum absolute atomic E-state index is 0.133. The van der Waals surface area contributed by atoms with E-state index >= 15 is 0 Å². The van der Waals surface area contributed by atoms with E-state index in [-0.39, 0.29) is 17.7 Å². The minimum atomic E-state index is -0.483. The lowest BCUT2D eigenvalue weighted by Gasteiger charge is -2.34. The SMILES string of the molecule is CNC(=O)C1CNCCN1C(=O)c1snnc1C(C)C. The molecule has 2 heterocycles. The van der Waals surface area contributed by atoms with Crippen molar-refractivity contribution in [3.05, 3.63) is 10.6 Å². The van der Waals surface area contributed by atoms with Crippen LogP contribution >= 0.6 is 11.5 Å². The average molecular weight is 297 g/mol. The summed E-state index contributed by atoms with van der Waals surface area (Å²) in [5.41, 5.74) is 0.703. The minimum Gasteiger partial charge on any atom is -0.357 e. The fourth-order valence-electron chi connectivity index (χ4n) is 2.20. The summed E-state index contributed by atoms with van der Waals surface area (Å²) in [6.45, 7) is 5.60. The Hall–Kier alpha value is -1.54. The Labute approximate surface area is 121 Å². The predicted molar refractivity (Wildman–Crippen MR) is 75.8 cm³/mol. The summed E-state index contributed by atoms with van der Waals surface area (Å²) >= 11 is 1.10. The second-order valence-electron chi connectivity index (χ2n) is 4.97. The third kappa shape index (κ3) is 2.80. The van der Waals surface area contributed by atoms with Gasteiger partial charge in [0.1, 0.15) is 10.9 Å². The van der Waals surface area contributed by atoms with Gasteiger partial charge in [-0.05, 0) is 17.5 Å². The van der Waals surface area contributed by atoms with Gasteiger partial charge in [-0.1, -0.05) is 18.3 Å². The molecule has 1 atom stereocenters. The molecule has 1 aliphatic heterocycles. The van der Waals surface area contributed by atoms with Crippen LogP contribution in [0.2, 0.25) is 0 Å². The van der Waals surface area contributed by atoms with Crippen molar-refractivity contribution in [2.75, 3.05) is 26.7 Å². The molecule has 7 nitrogen and oxygen atoms in total. The molecule has 1 aliphatic rings. The van der Waals surface area contributed by atoms with Gasteiger partial charge in [0.15, 0.2) is 0 Å². The van der Waals surface area contributed by atoms with Crippen molar-refractivity contribution in [3.63, 3.8) is 0 Å². The summed E-state index contributed by atoms with van der Waals surface area (Å²) in [5.74, 6) is -0.179. The van der Waals surface area contributed by atoms with Crippen LogP contribution in [0.4, 0.5) is 0 Å². The van der Waals surface area contributed by atoms with E-state index in [0.717, 1.165) is 11.5 Å². The maximum absolute atomic E-state index is 12.7. The average Bonchev–Trinajstić information content (AvgIpc) is 2.95. The molecule has 2 amide bonds. The van der Waals surface area contributed by atoms with Crippen LogP contribution < -0.4 is 10.6 Å². The summed E-state index contributed by atoms with van der Waals surface area (Å²) in [7, 11) is 1.58. The van der Waals surface area contributed by atoms with Gasteiger partial charge in [0.05, 0.1) is 5.69 Å². The molecule has 0 radical (unpaired) electrons. The zero-order valence-corrected chi connectivity index (χ0v) is 12.7. The Kier molecular flexibility index (Phi) is 4.66. The third-order valence-corrected chi connectivity index (χ3v) is 4.04. The first kappa shape index (κ1) is 14.9. The molecule has 1 fully saturated rings. The summed E-state index contributed by atoms with van der Waals surface area (Å²) in [5, 5.41) is 9.76. The molecule has 0 bridgehead atoms. The quantitative estimate of drug-likeness (QED) is 0.808. The van der Waals surface area contributed by atoms with E-state index < -0.39 is 6.04 Å². The van der Waals surface area contributed by atoms with Crippen LogP contribution in [0.15, 0.2) is 0 Å². The Morgan fingerprint density at radius 1 is 1.50 bits per heavy atom. The van der Waals surface area contributed by atoms with E-state index in [0.29, 0.717) is 30.2 Å². The molecule has 110 valence electrons. The lowest BCUT2D eigenvalue weighted by atomic mass is 10.1. The first-order valence-corrected chi connectivity index (χ1v) is 7.39. The van der Waals surface area contributed by atoms with E-state index in [1.807, 2.05) is 13.8 Å². The maximum atomic E-state index is 12.7. The topological polar surface area (TPSA) is 87.2 Å². The first-order valence-electron chi connectivity index (χ1n) is 6.61. The van der Waals surface area contributed by atoms with Crippen molar-refractivity contribution < 1.29 is 9.59 Å². The lowest BCUT2D eigenvalue weighted by molar-refractivity contribution is -0.125. The summed E-state index contributed by atoms with van der Waals surface area (Å²) in [4.78, 5) is 26.7. The zero-order chi connectivity index (χ0) is 14.7. The van der Waals surface area contributed by atoms with Crippen molar-refractivity contribution in [1.29, 1.82) is 0 Å². The largest absolute Gasteiger partial charge is 0.357 e. The van der Waals surface area contributed by atoms with Crippen molar-refractivity contribution in [2.24, 2.45) is 0 Å². The number of carbonyl (C=O) groups excluding carboxylic acids is 2. The highest BCUT2D eigenvalue weighted by Gasteiger charge is 2.34. The molecule has 20 heavy (non-hydrogen) atoms. The van der Waals surface area contributed by atoms with Gasteiger partial charge in [-0.2, -0.15) is 0 Å². The van der Waals surface area contributed by atoms with Crippen molar-refractivity contribution in [2.45, 2.75) is 25.8 Å². The van der Waals surface area contributed by atoms with Gasteiger partial charge in [0.2, 0.25) is 5.91 Å². The molecular weight excluding hydrogens is 278 g/mol. The van der Waals surface area contributed by atoms with Gasteiger partial charge in [0.25, 0.3) is 5.91 Å². The van der Waals surface area contributed by atoms with Crippen LogP contribution in [-0.4, -0.2) is 59.0 Å². The molecule has 1 aromatic rings. The first-order chi connectivity index (χ1) is 9.56. The number of aromatic nitrogens is 2. The van der Waals surface area contributed by atoms with E-state index in [9.17, 15) is 9.59 Å². The van der Waals surface area contributed by atoms with Crippen molar-refractivity contribution >= 4 is 23.3 Å². The molecule has 0 aliphatic carbocycles. The van der Waals surface area contributed by atoms with Crippen LogP contribution in [0.3, 0.4) is 0 Å². The smallest absolute Gasteiger partial charge is 0.268 e. The predicted octanol–water partition coefficient (Wildman–Crippen LogP) is -0.179. The number of hydrogen-bond acceptors (Lipinski definition) is 6. The van der Waals surface area contributed by atoms with Crippen LogP contribution in [0, 0.1) is 0 Å². The molecule has 1 saturated heterocycles. The van der Waals surface area contributed by atoms with Gasteiger partial charge in [0, 0.05) is 26.7 Å². The van der Waals surface area contributed by atoms with Crippen molar-refractivity contribution in [3.8, 4) is 0 Å². The van der Waals surface area contributed by atoms with Crippen LogP contribution in [0.1, 0.15) is 35.1 Å². The maximum Gasteiger partial charge on any atom is 0.268 e. The molecule has 1 unspecified atom stereocenters. The van der Waals surface area contributed by atoms with Crippen LogP contribution in [0.25, 0.3) is 0 Å². The highest BCUT2D eigenvalue weighted by atomic mass is 32.1. The van der Waals surface area contributed by atoms with E-state index in [1.165, 1.54) is 0 Å². The Morgan fingerprint density at radius 2 is 2.25 bits per heavy atom. The van der Waals surface area contributed by atoms with Gasteiger partial charge < -0.3 is 15.5 Å². The zero-order valence-electron chi connectivity index (χ0n) is 11.8. The second kappa shape index (κ2) is 6.27. The monoisotopic (exact) mass is 297 g/mol. The molecular formula is C12H19N5O2S. The Morgan fingerprint density at radius 3 is 2.90 bits per heavy atom. The number of carbonyl (C=O) groups is 2. The second-order valence-corrected chi connectivity index (χ2v) is 5.73. The molecule has 2 rings (SSSR count). The number of nitrogens with zero attached hydrogens (tertiary/aromatic N) is 3. The van der Waals surface area contributed by atoms with Crippen LogP contribution in [0.5, 0.6) is 0 Å². The van der Waals surface area contributed by atoms with Gasteiger partial charge >= 0.3 is 0 Å². The summed E-state index contributed by atoms with van der Waals surface area (Å²) < 4.78 is 3.88. The number of piperazine rings is 1. The fraction of sp³-hybridized carbons (Fsp3) is 0.667. The van der Waals surface area contributed by atoms with Gasteiger partial charge in [-0.15, -0.1) is 5.10 Å². The molecule has 0 aromatic carbocycles. The van der Waals surface area contributed by atoms with Crippen molar-refractivity contribution in [1.82, 2.24) is 25.1 Å². The van der Waals surface area contributed by atoms with Gasteiger partial charge in [-0.3, -0.25) is 9.59 Å². The number of amides is 2. The summed E-state index contributed by atoms with van der Waals surface area (Å²) in [6, 6.07) is -0.483. The molecule has 1 aromatic heterocycles. The lowest BCUT2D eigenvalue weighted by Crippen LogP contribution is -2.59. The van der Waals surface area contributed by atoms with Gasteiger partial charge in [-0.25, -0.2) is 0 Å². The Bertz CT molecular complexity index is 502. The number of likely N-dealkylation sites (N-methyl/N-ethyl adjacent to an activating group) is 1. The number of nitrogens with one attached hydrogen (secondary N) is 2. The highest BCUT2D eigenvalue weighted by molar-refractivity contribution is 7.08. The molecule has 0 saturated carbocycles. The van der Waals surface area contributed by atoms with E-state index in [2.05, 4.69) is 20.2 Å². The third-order valence-electron chi connectivity index (χ3n) is 3.31. The molecule has 2 N–H and O–H groups in total. The van der Waals surface area contributed by atoms with E-state index in [1.54, 1.807) is 11.9 Å². The number of hydrogen-bond donors (Lipinski definition) is 2. The fourth-order valence-corrected chi connectivity index (χ4v) is 2.98. The highest BCUT2D eigenvalue weighted by Crippen LogP contribution is 2.22. The summed E-state index contributed by atoms with van der Waals surface area (Å²) in [6.07, 6.45) is 0. The van der Waals surface area contributed by atoms with Crippen LogP contribution in [-0.2, 0) is 4.79 Å². The standard InChI is InChI=1S/C12H19N5O2S/c1-7(2)9-10(20-16-15-9)12(19)17-5-4-14-6-8(17)11(18)13-3/h7-8,14H,4-6H2,1-3H3,(H,13,18). The molecule has 0 spiro atoms.